The second-order valence-electron chi connectivity index (χ2n) is 7.17. The molecule has 3 aromatic rings. The molecule has 0 spiro atoms. The first kappa shape index (κ1) is 26.6. The smallest absolute Gasteiger partial charge is 0.416 e. The first-order valence-corrected chi connectivity index (χ1v) is 11.9. The Balaban J connectivity index is 2.04. The highest BCUT2D eigenvalue weighted by molar-refractivity contribution is 8.44. The molecular formula is C21H13ClF3N3O7S. The fraction of sp³-hybridized carbons (Fsp3) is 0.0952. The van der Waals surface area contributed by atoms with Gasteiger partial charge in [0.15, 0.2) is 0 Å². The molecule has 0 aliphatic rings. The fourth-order valence-electron chi connectivity index (χ4n) is 3.02. The van der Waals surface area contributed by atoms with E-state index in [0.717, 1.165) is 54.8 Å². The summed E-state index contributed by atoms with van der Waals surface area (Å²) in [5.41, 5.74) is -2.58. The van der Waals surface area contributed by atoms with Gasteiger partial charge in [-0.05, 0) is 63.5 Å². The molecule has 0 amide bonds. The van der Waals surface area contributed by atoms with E-state index in [0.29, 0.717) is 12.1 Å². The number of benzene rings is 3. The third kappa shape index (κ3) is 5.28. The van der Waals surface area contributed by atoms with Crippen molar-refractivity contribution in [2.45, 2.75) is 11.1 Å². The van der Waals surface area contributed by atoms with Crippen LogP contribution in [0.2, 0.25) is 5.02 Å². The number of nitroso groups, excluding NO2 is 1. The Morgan fingerprint density at radius 3 is 2.14 bits per heavy atom. The van der Waals surface area contributed by atoms with Crippen LogP contribution in [0.3, 0.4) is 0 Å². The lowest BCUT2D eigenvalue weighted by Gasteiger charge is -2.25. The van der Waals surface area contributed by atoms with E-state index < -0.39 is 53.2 Å². The maximum Gasteiger partial charge on any atom is 0.416 e. The molecule has 3 aromatic carbocycles. The van der Waals surface area contributed by atoms with Crippen LogP contribution in [-0.4, -0.2) is 21.2 Å². The maximum atomic E-state index is 13.4. The summed E-state index contributed by atoms with van der Waals surface area (Å²) in [6, 6.07) is 9.65. The van der Waals surface area contributed by atoms with Gasteiger partial charge >= 0.3 is 6.18 Å². The zero-order chi connectivity index (χ0) is 26.8. The number of nitrogens with zero attached hydrogens (tertiary/aromatic N) is 3. The molecule has 1 unspecified atom stereocenters. The molecule has 188 valence electrons. The van der Waals surface area contributed by atoms with E-state index in [9.17, 15) is 43.1 Å². The number of halogens is 4. The third-order valence-electron chi connectivity index (χ3n) is 4.89. The van der Waals surface area contributed by atoms with Gasteiger partial charge in [0, 0.05) is 23.1 Å². The van der Waals surface area contributed by atoms with Gasteiger partial charge in [-0.25, -0.2) is 0 Å². The van der Waals surface area contributed by atoms with E-state index >= 15 is 0 Å². The Bertz CT molecular complexity index is 1390. The zero-order valence-corrected chi connectivity index (χ0v) is 19.5. The van der Waals surface area contributed by atoms with E-state index in [1.54, 1.807) is 0 Å². The standard InChI is InChI=1S/C21H13ClF3N3O7S/c1-36(26-30,15-6-3-13(4-7-15)27(31)32)20(29)16-11-14(5-8-18(16)28(33)34)35-19-9-2-12(10-17(19)22)21(23,24)25/h2-11H,1H3. The molecule has 36 heavy (non-hydrogen) atoms. The van der Waals surface area contributed by atoms with Gasteiger partial charge in [0.05, 0.1) is 20.4 Å². The molecule has 0 aromatic heterocycles. The highest BCUT2D eigenvalue weighted by Crippen LogP contribution is 2.57. The molecule has 0 N–H and O–H groups in total. The van der Waals surface area contributed by atoms with Crippen molar-refractivity contribution in [2.24, 2.45) is 4.58 Å². The van der Waals surface area contributed by atoms with E-state index in [1.807, 2.05) is 0 Å². The van der Waals surface area contributed by atoms with Crippen LogP contribution in [0.4, 0.5) is 24.5 Å². The molecule has 0 fully saturated rings. The van der Waals surface area contributed by atoms with Crippen molar-refractivity contribution in [3.05, 3.63) is 102 Å². The first-order chi connectivity index (χ1) is 16.8. The lowest BCUT2D eigenvalue weighted by molar-refractivity contribution is -0.385. The van der Waals surface area contributed by atoms with Crippen LogP contribution >= 0.6 is 21.8 Å². The average Bonchev–Trinajstić information content (AvgIpc) is 2.83. The molecule has 0 radical (unpaired) electrons. The SMILES string of the molecule is CS(N=O)(C(=O)c1cc(Oc2ccc(C(F)(F)F)cc2Cl)ccc1[N+](=O)[O-])c1ccc([N+](=O)[O-])cc1. The number of ether oxygens (including phenoxy) is 1. The number of nitro benzene ring substituents is 2. The van der Waals surface area contributed by atoms with Gasteiger partial charge in [0.1, 0.15) is 17.1 Å². The molecule has 0 saturated carbocycles. The van der Waals surface area contributed by atoms with Crippen molar-refractivity contribution < 1.29 is 32.5 Å². The summed E-state index contributed by atoms with van der Waals surface area (Å²) < 4.78 is 47.0. The quantitative estimate of drug-likeness (QED) is 0.173. The zero-order valence-electron chi connectivity index (χ0n) is 17.9. The number of alkyl halides is 3. The normalized spacial score (nSPS) is 13.8. The lowest BCUT2D eigenvalue weighted by atomic mass is 10.2. The van der Waals surface area contributed by atoms with Crippen molar-refractivity contribution in [1.29, 1.82) is 0 Å². The van der Waals surface area contributed by atoms with E-state index in [4.69, 9.17) is 16.3 Å². The molecule has 1 atom stereocenters. The minimum Gasteiger partial charge on any atom is -0.456 e. The summed E-state index contributed by atoms with van der Waals surface area (Å²) in [6.07, 6.45) is -3.49. The van der Waals surface area contributed by atoms with Crippen molar-refractivity contribution in [1.82, 2.24) is 0 Å². The van der Waals surface area contributed by atoms with Gasteiger partial charge in [0.25, 0.3) is 11.4 Å². The highest BCUT2D eigenvalue weighted by atomic mass is 35.5. The number of nitro groups is 2. The average molecular weight is 544 g/mol. The highest BCUT2D eigenvalue weighted by Gasteiger charge is 2.37. The summed E-state index contributed by atoms with van der Waals surface area (Å²) in [5, 5.41) is 21.0. The van der Waals surface area contributed by atoms with Crippen LogP contribution in [0.25, 0.3) is 0 Å². The van der Waals surface area contributed by atoms with Crippen LogP contribution in [0.1, 0.15) is 15.9 Å². The Hall–Kier alpha value is -4.04. The van der Waals surface area contributed by atoms with Gasteiger partial charge < -0.3 is 4.74 Å². The number of carbonyl (C=O) groups is 1. The van der Waals surface area contributed by atoms with Gasteiger partial charge in [-0.3, -0.25) is 25.0 Å². The first-order valence-electron chi connectivity index (χ1n) is 9.52. The van der Waals surface area contributed by atoms with Crippen LogP contribution in [0, 0.1) is 25.1 Å². The monoisotopic (exact) mass is 543 g/mol. The molecule has 0 aliphatic heterocycles. The Kier molecular flexibility index (Phi) is 7.31. The van der Waals surface area contributed by atoms with E-state index in [-0.39, 0.29) is 22.1 Å². The second kappa shape index (κ2) is 9.91. The van der Waals surface area contributed by atoms with E-state index in [2.05, 4.69) is 4.58 Å². The summed E-state index contributed by atoms with van der Waals surface area (Å²) in [7, 11) is -3.31. The number of rotatable bonds is 7. The summed E-state index contributed by atoms with van der Waals surface area (Å²) in [5.74, 6) is -0.419. The van der Waals surface area contributed by atoms with Crippen molar-refractivity contribution in [2.75, 3.05) is 6.26 Å². The Morgan fingerprint density at radius 1 is 1.00 bits per heavy atom. The van der Waals surface area contributed by atoms with Gasteiger partial charge in [-0.1, -0.05) is 11.6 Å². The van der Waals surface area contributed by atoms with Crippen LogP contribution < -0.4 is 4.74 Å². The largest absolute Gasteiger partial charge is 0.456 e. The molecule has 0 bridgehead atoms. The van der Waals surface area contributed by atoms with Crippen molar-refractivity contribution >= 4 is 38.3 Å². The summed E-state index contributed by atoms with van der Waals surface area (Å²) in [4.78, 5) is 46.1. The van der Waals surface area contributed by atoms with Crippen LogP contribution in [0.15, 0.2) is 70.1 Å². The maximum absolute atomic E-state index is 13.4. The molecule has 0 heterocycles. The molecule has 0 saturated heterocycles. The number of carbonyl (C=O) groups excluding carboxylic acids is 1. The molecule has 0 aliphatic carbocycles. The molecule has 3 rings (SSSR count). The van der Waals surface area contributed by atoms with Crippen molar-refractivity contribution in [3.8, 4) is 11.5 Å². The van der Waals surface area contributed by atoms with Crippen LogP contribution in [-0.2, 0) is 6.18 Å². The third-order valence-corrected chi connectivity index (χ3v) is 7.61. The number of hydrogen-bond donors (Lipinski definition) is 0. The van der Waals surface area contributed by atoms with Gasteiger partial charge in [0.2, 0.25) is 5.12 Å². The minimum atomic E-state index is -4.65. The minimum absolute atomic E-state index is 0.0134. The van der Waals surface area contributed by atoms with E-state index in [1.165, 1.54) is 0 Å². The molecule has 15 heteroatoms. The lowest BCUT2D eigenvalue weighted by Crippen LogP contribution is -2.12. The van der Waals surface area contributed by atoms with Crippen LogP contribution in [0.5, 0.6) is 11.5 Å². The number of non-ortho nitro benzene ring substituents is 1. The van der Waals surface area contributed by atoms with Crippen molar-refractivity contribution in [3.63, 3.8) is 0 Å². The molecular weight excluding hydrogens is 531 g/mol. The predicted octanol–water partition coefficient (Wildman–Crippen LogP) is 7.28. The Morgan fingerprint density at radius 2 is 1.64 bits per heavy atom. The fourth-order valence-corrected chi connectivity index (χ4v) is 4.86. The van der Waals surface area contributed by atoms with Gasteiger partial charge in [-0.2, -0.15) is 13.2 Å². The topological polar surface area (TPSA) is 142 Å². The second-order valence-corrected chi connectivity index (χ2v) is 10.3. The van der Waals surface area contributed by atoms with Gasteiger partial charge in [-0.15, -0.1) is 4.91 Å². The Labute approximate surface area is 206 Å². The predicted molar refractivity (Wildman–Crippen MR) is 125 cm³/mol. The summed E-state index contributed by atoms with van der Waals surface area (Å²) in [6.45, 7) is 0. The number of hydrogen-bond acceptors (Lipinski definition) is 8. The molecule has 10 nitrogen and oxygen atoms in total. The summed E-state index contributed by atoms with van der Waals surface area (Å²) >= 11 is 5.88.